The van der Waals surface area contributed by atoms with Gasteiger partial charge in [-0.15, -0.1) is 0 Å². The maximum atomic E-state index is 7.56. The molecule has 0 aromatic heterocycles. The van der Waals surface area contributed by atoms with Crippen molar-refractivity contribution in [2.24, 2.45) is 0 Å². The second-order valence-corrected chi connectivity index (χ2v) is 11.6. The summed E-state index contributed by atoms with van der Waals surface area (Å²) in [6, 6.07) is 21.5. The Kier molecular flexibility index (Phi) is 11.8. The van der Waals surface area contributed by atoms with Crippen LogP contribution in [0.4, 0.5) is 0 Å². The van der Waals surface area contributed by atoms with Gasteiger partial charge >= 0.3 is 101 Å². The Morgan fingerprint density at radius 2 is 0.783 bits per heavy atom. The monoisotopic (exact) mass is 480 g/mol. The molecular formula is C12H16MoO6P2S2. The van der Waals surface area contributed by atoms with Crippen LogP contribution in [-0.4, -0.2) is 29.4 Å². The summed E-state index contributed by atoms with van der Waals surface area (Å²) in [4.78, 5) is 45.3. The van der Waals surface area contributed by atoms with Gasteiger partial charge in [0, 0.05) is 0 Å². The average molecular weight is 478 g/mol. The van der Waals surface area contributed by atoms with Crippen molar-refractivity contribution < 1.29 is 47.9 Å². The van der Waals surface area contributed by atoms with Crippen LogP contribution in [0.5, 0.6) is 0 Å². The summed E-state index contributed by atoms with van der Waals surface area (Å²) in [5, 5.41) is 0. The molecule has 23 heavy (non-hydrogen) atoms. The van der Waals surface area contributed by atoms with Gasteiger partial charge in [0.2, 0.25) is 0 Å². The van der Waals surface area contributed by atoms with Crippen LogP contribution < -0.4 is 7.91 Å². The fraction of sp³-hybridized carbons (Fsp3) is 0. The van der Waals surface area contributed by atoms with Gasteiger partial charge in [0.25, 0.3) is 0 Å². The molecule has 0 fully saturated rings. The standard InChI is InChI=1S/2C6H5.Mo.2H3O3PS/c2*1-2-4-6-5-3-1;;2*1-4(2,3)5/h2*1-5H;;2*(H3,1,2,3,5). The minimum atomic E-state index is -3.81. The van der Waals surface area contributed by atoms with E-state index in [2.05, 4.69) is 84.3 Å². The molecule has 0 amide bonds. The average Bonchev–Trinajstić information content (AvgIpc) is 2.37. The molecule has 0 saturated heterocycles. The summed E-state index contributed by atoms with van der Waals surface area (Å²) in [5.41, 5.74) is 0. The first-order valence-corrected chi connectivity index (χ1v) is 13.1. The van der Waals surface area contributed by atoms with Crippen molar-refractivity contribution in [1.82, 2.24) is 0 Å². The Labute approximate surface area is 153 Å². The molecule has 128 valence electrons. The van der Waals surface area contributed by atoms with E-state index in [-0.39, 0.29) is 18.6 Å². The van der Waals surface area contributed by atoms with Crippen LogP contribution in [0.25, 0.3) is 0 Å². The van der Waals surface area contributed by atoms with Crippen LogP contribution in [0.1, 0.15) is 0 Å². The van der Waals surface area contributed by atoms with E-state index in [1.54, 1.807) is 0 Å². The van der Waals surface area contributed by atoms with E-state index in [0.29, 0.717) is 0 Å². The summed E-state index contributed by atoms with van der Waals surface area (Å²) in [7, 11) is 0. The zero-order valence-electron chi connectivity index (χ0n) is 11.6. The van der Waals surface area contributed by atoms with Crippen LogP contribution in [0.15, 0.2) is 60.7 Å². The van der Waals surface area contributed by atoms with E-state index in [1.165, 1.54) is 7.91 Å². The Morgan fingerprint density at radius 1 is 0.565 bits per heavy atom. The molecular weight excluding hydrogens is 462 g/mol. The van der Waals surface area contributed by atoms with E-state index in [0.717, 1.165) is 0 Å². The number of benzene rings is 2. The molecule has 2 aromatic carbocycles. The molecule has 0 unspecified atom stereocenters. The van der Waals surface area contributed by atoms with Crippen LogP contribution >= 0.6 is 13.4 Å². The summed E-state index contributed by atoms with van der Waals surface area (Å²) in [5.74, 6) is 0. The van der Waals surface area contributed by atoms with E-state index < -0.39 is 13.4 Å². The van der Waals surface area contributed by atoms with Crippen LogP contribution in [0.3, 0.4) is 0 Å². The fourth-order valence-corrected chi connectivity index (χ4v) is 3.22. The van der Waals surface area contributed by atoms with Gasteiger partial charge in [-0.1, -0.05) is 0 Å². The van der Waals surface area contributed by atoms with Gasteiger partial charge in [-0.3, -0.25) is 0 Å². The molecule has 0 aliphatic heterocycles. The van der Waals surface area contributed by atoms with Crippen molar-refractivity contribution in [2.45, 2.75) is 0 Å². The van der Waals surface area contributed by atoms with E-state index in [1.807, 2.05) is 0 Å². The third kappa shape index (κ3) is 22.2. The van der Waals surface area contributed by atoms with Crippen molar-refractivity contribution in [3.63, 3.8) is 0 Å². The molecule has 6 nitrogen and oxygen atoms in total. The van der Waals surface area contributed by atoms with E-state index in [4.69, 9.17) is 29.4 Å². The van der Waals surface area contributed by atoms with Gasteiger partial charge in [0.15, 0.2) is 0 Å². The first-order valence-electron chi connectivity index (χ1n) is 5.79. The predicted octanol–water partition coefficient (Wildman–Crippen LogP) is 0.0955. The first kappa shape index (κ1) is 23.2. The molecule has 2 aromatic rings. The van der Waals surface area contributed by atoms with Crippen molar-refractivity contribution in [2.75, 3.05) is 0 Å². The molecule has 0 bridgehead atoms. The minimum absolute atomic E-state index is 0.153. The zero-order chi connectivity index (χ0) is 17.9. The van der Waals surface area contributed by atoms with Gasteiger partial charge in [-0.25, -0.2) is 0 Å². The molecule has 0 spiro atoms. The Balaban J connectivity index is 0.000000406. The van der Waals surface area contributed by atoms with Gasteiger partial charge < -0.3 is 29.4 Å². The van der Waals surface area contributed by atoms with E-state index in [9.17, 15) is 0 Å². The van der Waals surface area contributed by atoms with Gasteiger partial charge in [0.1, 0.15) is 0 Å². The molecule has 0 atom stereocenters. The summed E-state index contributed by atoms with van der Waals surface area (Å²) in [6.45, 7) is -7.61. The Morgan fingerprint density at radius 3 is 1.00 bits per heavy atom. The second kappa shape index (κ2) is 11.7. The molecule has 0 aliphatic rings. The molecule has 11 heteroatoms. The molecule has 0 heterocycles. The van der Waals surface area contributed by atoms with Crippen LogP contribution in [0, 0.1) is 0 Å². The maximum absolute atomic E-state index is 7.56. The summed E-state index contributed by atoms with van der Waals surface area (Å²) in [6.07, 6.45) is 0. The molecule has 0 aliphatic carbocycles. The topological polar surface area (TPSA) is 121 Å². The van der Waals surface area contributed by atoms with Gasteiger partial charge in [0.05, 0.1) is 0 Å². The quantitative estimate of drug-likeness (QED) is 0.266. The predicted molar refractivity (Wildman–Crippen MR) is 94.0 cm³/mol. The summed E-state index contributed by atoms with van der Waals surface area (Å²) >= 11 is 7.06. The van der Waals surface area contributed by atoms with E-state index >= 15 is 0 Å². The fourth-order valence-electron chi connectivity index (χ4n) is 1.11. The van der Waals surface area contributed by atoms with Crippen LogP contribution in [-0.2, 0) is 42.2 Å². The third-order valence-electron chi connectivity index (χ3n) is 1.72. The van der Waals surface area contributed by atoms with Crippen molar-refractivity contribution in [1.29, 1.82) is 0 Å². The SMILES string of the molecule is OP(O)(O)=S.OP(O)(O)=S.c1cc[c]([Mo][c]2ccccc2)cc1. The normalized spacial score (nSPS) is 10.7. The Bertz CT molecular complexity index is 573. The Hall–Kier alpha value is 0.188. The first-order chi connectivity index (χ1) is 10.4. The van der Waals surface area contributed by atoms with Crippen molar-refractivity contribution in [3.8, 4) is 0 Å². The molecule has 0 saturated carbocycles. The summed E-state index contributed by atoms with van der Waals surface area (Å²) < 4.78 is 3.00. The number of hydrogen-bond acceptors (Lipinski definition) is 2. The van der Waals surface area contributed by atoms with Gasteiger partial charge in [-0.2, -0.15) is 0 Å². The zero-order valence-corrected chi connectivity index (χ0v) is 17.0. The third-order valence-corrected chi connectivity index (χ3v) is 4.22. The molecule has 6 N–H and O–H groups in total. The molecule has 2 rings (SSSR count). The molecule has 0 radical (unpaired) electrons. The number of hydrogen-bond donors (Lipinski definition) is 6. The van der Waals surface area contributed by atoms with Gasteiger partial charge in [-0.05, 0) is 23.6 Å². The van der Waals surface area contributed by atoms with Crippen LogP contribution in [0.2, 0.25) is 0 Å². The second-order valence-electron chi connectivity index (χ2n) is 3.75. The van der Waals surface area contributed by atoms with Crippen molar-refractivity contribution >= 4 is 45.0 Å². The number of rotatable bonds is 2. The van der Waals surface area contributed by atoms with Crippen molar-refractivity contribution in [3.05, 3.63) is 60.7 Å².